The number of nitrogens with zero attached hydrogens (tertiary/aromatic N) is 3. The average molecular weight is 336 g/mol. The summed E-state index contributed by atoms with van der Waals surface area (Å²) >= 11 is 5.64. The topological polar surface area (TPSA) is 101 Å². The van der Waals surface area contributed by atoms with Crippen LogP contribution in [0.15, 0.2) is 23.1 Å². The van der Waals surface area contributed by atoms with Crippen molar-refractivity contribution >= 4 is 33.2 Å². The normalized spacial score (nSPS) is 11.5. The molecule has 116 valence electrons. The molecule has 0 N–H and O–H groups in total. The molecule has 0 spiro atoms. The first kappa shape index (κ1) is 17.3. The van der Waals surface area contributed by atoms with Crippen LogP contribution in [0, 0.1) is 10.1 Å². The average Bonchev–Trinajstić information content (AvgIpc) is 2.37. The summed E-state index contributed by atoms with van der Waals surface area (Å²) in [5.74, 6) is -0.447. The second-order valence-electron chi connectivity index (χ2n) is 4.42. The largest absolute Gasteiger partial charge is 0.348 e. The Bertz CT molecular complexity index is 674. The SMILES string of the molecule is CN(C)C(=O)CN(C)S(=O)(=O)c1ccc(Cl)cc1[N+](=O)[O-]. The van der Waals surface area contributed by atoms with Crippen LogP contribution in [0.2, 0.25) is 5.02 Å². The van der Waals surface area contributed by atoms with Crippen LogP contribution in [0.5, 0.6) is 0 Å². The van der Waals surface area contributed by atoms with Crippen molar-refractivity contribution in [2.75, 3.05) is 27.7 Å². The Morgan fingerprint density at radius 1 is 1.33 bits per heavy atom. The predicted molar refractivity (Wildman–Crippen MR) is 76.6 cm³/mol. The minimum atomic E-state index is -4.17. The van der Waals surface area contributed by atoms with Crippen LogP contribution in [0.25, 0.3) is 0 Å². The van der Waals surface area contributed by atoms with E-state index in [4.69, 9.17) is 11.6 Å². The van der Waals surface area contributed by atoms with Gasteiger partial charge in [-0.05, 0) is 12.1 Å². The number of hydrogen-bond donors (Lipinski definition) is 0. The molecule has 1 aromatic rings. The van der Waals surface area contributed by atoms with E-state index >= 15 is 0 Å². The fourth-order valence-electron chi connectivity index (χ4n) is 1.44. The van der Waals surface area contributed by atoms with E-state index in [9.17, 15) is 23.3 Å². The molecule has 0 radical (unpaired) electrons. The van der Waals surface area contributed by atoms with E-state index < -0.39 is 38.0 Å². The van der Waals surface area contributed by atoms with Crippen LogP contribution >= 0.6 is 11.6 Å². The van der Waals surface area contributed by atoms with E-state index in [2.05, 4.69) is 0 Å². The highest BCUT2D eigenvalue weighted by atomic mass is 35.5. The van der Waals surface area contributed by atoms with E-state index in [0.29, 0.717) is 0 Å². The lowest BCUT2D eigenvalue weighted by Gasteiger charge is -2.19. The summed E-state index contributed by atoms with van der Waals surface area (Å²) in [6.45, 7) is -0.422. The molecule has 1 rings (SSSR count). The molecular weight excluding hydrogens is 322 g/mol. The van der Waals surface area contributed by atoms with Gasteiger partial charge in [-0.25, -0.2) is 8.42 Å². The van der Waals surface area contributed by atoms with Crippen LogP contribution in [0.3, 0.4) is 0 Å². The van der Waals surface area contributed by atoms with Crippen LogP contribution in [0.4, 0.5) is 5.69 Å². The maximum atomic E-state index is 12.3. The first-order chi connectivity index (χ1) is 9.57. The van der Waals surface area contributed by atoms with Crippen molar-refractivity contribution in [2.45, 2.75) is 4.90 Å². The molecule has 10 heteroatoms. The van der Waals surface area contributed by atoms with Gasteiger partial charge in [0.2, 0.25) is 15.9 Å². The molecule has 0 heterocycles. The lowest BCUT2D eigenvalue weighted by atomic mass is 10.3. The van der Waals surface area contributed by atoms with Crippen molar-refractivity contribution in [3.05, 3.63) is 33.3 Å². The van der Waals surface area contributed by atoms with Gasteiger partial charge in [0.25, 0.3) is 5.69 Å². The molecule has 8 nitrogen and oxygen atoms in total. The molecule has 0 saturated heterocycles. The van der Waals surface area contributed by atoms with E-state index in [1.54, 1.807) is 0 Å². The van der Waals surface area contributed by atoms with Crippen LogP contribution in [-0.4, -0.2) is 56.1 Å². The Hall–Kier alpha value is -1.71. The van der Waals surface area contributed by atoms with Crippen molar-refractivity contribution in [2.24, 2.45) is 0 Å². The molecule has 21 heavy (non-hydrogen) atoms. The zero-order chi connectivity index (χ0) is 16.4. The number of benzene rings is 1. The quantitative estimate of drug-likeness (QED) is 0.589. The molecule has 0 aromatic heterocycles. The van der Waals surface area contributed by atoms with Gasteiger partial charge in [-0.3, -0.25) is 14.9 Å². The molecule has 0 aliphatic carbocycles. The molecule has 0 aliphatic heterocycles. The molecule has 0 bridgehead atoms. The highest BCUT2D eigenvalue weighted by Crippen LogP contribution is 2.28. The predicted octanol–water partition coefficient (Wildman–Crippen LogP) is 0.957. The molecular formula is C11H14ClN3O5S. The summed E-state index contributed by atoms with van der Waals surface area (Å²) in [7, 11) is -0.0394. The molecule has 0 aliphatic rings. The third kappa shape index (κ3) is 3.90. The molecule has 0 atom stereocenters. The van der Waals surface area contributed by atoms with Crippen molar-refractivity contribution in [3.8, 4) is 0 Å². The summed E-state index contributed by atoms with van der Waals surface area (Å²) in [4.78, 5) is 22.4. The molecule has 1 aromatic carbocycles. The van der Waals surface area contributed by atoms with Gasteiger partial charge in [0.1, 0.15) is 0 Å². The van der Waals surface area contributed by atoms with E-state index in [-0.39, 0.29) is 5.02 Å². The second kappa shape index (κ2) is 6.37. The summed E-state index contributed by atoms with van der Waals surface area (Å²) in [5, 5.41) is 11.0. The Kier molecular flexibility index (Phi) is 5.26. The standard InChI is InChI=1S/C11H14ClN3O5S/c1-13(2)11(16)7-14(3)21(19,20)10-5-4-8(12)6-9(10)15(17)18/h4-6H,7H2,1-3H3. The number of rotatable bonds is 5. The number of likely N-dealkylation sites (N-methyl/N-ethyl adjacent to an activating group) is 2. The number of sulfonamides is 1. The first-order valence-corrected chi connectivity index (χ1v) is 7.49. The van der Waals surface area contributed by atoms with Crippen molar-refractivity contribution < 1.29 is 18.1 Å². The van der Waals surface area contributed by atoms with Gasteiger partial charge in [-0.15, -0.1) is 0 Å². The third-order valence-electron chi connectivity index (χ3n) is 2.66. The first-order valence-electron chi connectivity index (χ1n) is 5.67. The molecule has 0 saturated carbocycles. The highest BCUT2D eigenvalue weighted by molar-refractivity contribution is 7.89. The fourth-order valence-corrected chi connectivity index (χ4v) is 2.86. The molecule has 0 fully saturated rings. The number of carbonyl (C=O) groups excluding carboxylic acids is 1. The molecule has 0 unspecified atom stereocenters. The summed E-state index contributed by atoms with van der Waals surface area (Å²) in [6, 6.07) is 3.24. The number of amides is 1. The van der Waals surface area contributed by atoms with Crippen LogP contribution < -0.4 is 0 Å². The number of nitro benzene ring substituents is 1. The zero-order valence-corrected chi connectivity index (χ0v) is 13.2. The summed E-state index contributed by atoms with van der Waals surface area (Å²) in [5.41, 5.74) is -0.633. The maximum Gasteiger partial charge on any atom is 0.290 e. The third-order valence-corrected chi connectivity index (χ3v) is 4.75. The van der Waals surface area contributed by atoms with E-state index in [0.717, 1.165) is 16.4 Å². The number of nitro groups is 1. The minimum absolute atomic E-state index is 0.0488. The zero-order valence-electron chi connectivity index (χ0n) is 11.6. The van der Waals surface area contributed by atoms with Crippen molar-refractivity contribution in [1.82, 2.24) is 9.21 Å². The molecule has 1 amide bonds. The van der Waals surface area contributed by atoms with E-state index in [1.807, 2.05) is 0 Å². The van der Waals surface area contributed by atoms with Gasteiger partial charge in [0.15, 0.2) is 4.90 Å². The van der Waals surface area contributed by atoms with Gasteiger partial charge >= 0.3 is 0 Å². The Labute approximate surface area is 127 Å². The van der Waals surface area contributed by atoms with Crippen LogP contribution in [0.1, 0.15) is 0 Å². The van der Waals surface area contributed by atoms with E-state index in [1.165, 1.54) is 32.1 Å². The van der Waals surface area contributed by atoms with Gasteiger partial charge in [0.05, 0.1) is 11.5 Å². The summed E-state index contributed by atoms with van der Waals surface area (Å²) in [6.07, 6.45) is 0. The Morgan fingerprint density at radius 2 is 1.90 bits per heavy atom. The Balaban J connectivity index is 3.25. The van der Waals surface area contributed by atoms with Gasteiger partial charge < -0.3 is 4.90 Å². The lowest BCUT2D eigenvalue weighted by Crippen LogP contribution is -2.37. The number of carbonyl (C=O) groups is 1. The lowest BCUT2D eigenvalue weighted by molar-refractivity contribution is -0.387. The van der Waals surface area contributed by atoms with Gasteiger partial charge in [0, 0.05) is 32.2 Å². The van der Waals surface area contributed by atoms with Gasteiger partial charge in [-0.1, -0.05) is 11.6 Å². The maximum absolute atomic E-state index is 12.3. The highest BCUT2D eigenvalue weighted by Gasteiger charge is 2.31. The minimum Gasteiger partial charge on any atom is -0.348 e. The Morgan fingerprint density at radius 3 is 2.38 bits per heavy atom. The monoisotopic (exact) mass is 335 g/mol. The summed E-state index contributed by atoms with van der Waals surface area (Å²) < 4.78 is 25.4. The van der Waals surface area contributed by atoms with Crippen molar-refractivity contribution in [1.29, 1.82) is 0 Å². The smallest absolute Gasteiger partial charge is 0.290 e. The fraction of sp³-hybridized carbons (Fsp3) is 0.364. The van der Waals surface area contributed by atoms with Crippen molar-refractivity contribution in [3.63, 3.8) is 0 Å². The number of halogens is 1. The number of hydrogen-bond acceptors (Lipinski definition) is 5. The second-order valence-corrected chi connectivity index (χ2v) is 6.87. The van der Waals surface area contributed by atoms with Crippen LogP contribution in [-0.2, 0) is 14.8 Å². The van der Waals surface area contributed by atoms with Gasteiger partial charge in [-0.2, -0.15) is 4.31 Å².